The van der Waals surface area contributed by atoms with E-state index >= 15 is 0 Å². The van der Waals surface area contributed by atoms with Gasteiger partial charge in [-0.05, 0) is 26.8 Å². The lowest BCUT2D eigenvalue weighted by atomic mass is 10.1. The molecule has 6 nitrogen and oxygen atoms in total. The predicted octanol–water partition coefficient (Wildman–Crippen LogP) is 0.885. The number of hydrogen-bond acceptors (Lipinski definition) is 4. The second-order valence-corrected chi connectivity index (χ2v) is 5.20. The molecule has 1 fully saturated rings. The molecule has 2 rings (SSSR count). The second kappa shape index (κ2) is 6.16. The molecule has 6 heteroatoms. The Kier molecular flexibility index (Phi) is 4.55. The number of carboxylic acids is 1. The van der Waals surface area contributed by atoms with E-state index in [1.165, 1.54) is 0 Å². The van der Waals surface area contributed by atoms with Crippen LogP contribution in [0.4, 0.5) is 0 Å². The highest BCUT2D eigenvalue weighted by Crippen LogP contribution is 2.24. The fourth-order valence-electron chi connectivity index (χ4n) is 2.55. The van der Waals surface area contributed by atoms with Gasteiger partial charge in [-0.2, -0.15) is 0 Å². The third kappa shape index (κ3) is 3.13. The molecule has 1 aromatic rings. The van der Waals surface area contributed by atoms with Gasteiger partial charge < -0.3 is 15.0 Å². The summed E-state index contributed by atoms with van der Waals surface area (Å²) in [4.78, 5) is 17.8. The third-order valence-corrected chi connectivity index (χ3v) is 3.51. The third-order valence-electron chi connectivity index (χ3n) is 3.51. The molecule has 0 radical (unpaired) electrons. The zero-order valence-electron chi connectivity index (χ0n) is 11.5. The second-order valence-electron chi connectivity index (χ2n) is 5.20. The standard InChI is InChI=1S/C13H22N4O2/c1-10(2)17-9-15-8-11(17)12(13(18)19)16-6-3-4-14-5-7-16/h8-10,12,14H,3-7H2,1-2H3,(H,18,19). The van der Waals surface area contributed by atoms with Crippen molar-refractivity contribution in [3.63, 3.8) is 0 Å². The van der Waals surface area contributed by atoms with E-state index in [9.17, 15) is 9.90 Å². The van der Waals surface area contributed by atoms with Crippen molar-refractivity contribution in [3.8, 4) is 0 Å². The van der Waals surface area contributed by atoms with E-state index in [1.54, 1.807) is 12.5 Å². The molecule has 106 valence electrons. The Labute approximate surface area is 113 Å². The largest absolute Gasteiger partial charge is 0.480 e. The van der Waals surface area contributed by atoms with E-state index in [-0.39, 0.29) is 6.04 Å². The average molecular weight is 266 g/mol. The molecule has 0 spiro atoms. The Morgan fingerprint density at radius 3 is 2.89 bits per heavy atom. The smallest absolute Gasteiger partial charge is 0.327 e. The molecule has 1 aliphatic rings. The number of aliphatic carboxylic acids is 1. The summed E-state index contributed by atoms with van der Waals surface area (Å²) in [6.07, 6.45) is 4.36. The highest BCUT2D eigenvalue weighted by molar-refractivity contribution is 5.75. The topological polar surface area (TPSA) is 70.4 Å². The van der Waals surface area contributed by atoms with Crippen molar-refractivity contribution in [2.24, 2.45) is 0 Å². The van der Waals surface area contributed by atoms with E-state index in [0.29, 0.717) is 0 Å². The van der Waals surface area contributed by atoms with Crippen molar-refractivity contribution in [3.05, 3.63) is 18.2 Å². The molecule has 1 atom stereocenters. The lowest BCUT2D eigenvalue weighted by molar-refractivity contribution is -0.143. The first-order valence-corrected chi connectivity index (χ1v) is 6.80. The summed E-state index contributed by atoms with van der Waals surface area (Å²) in [5.41, 5.74) is 0.768. The summed E-state index contributed by atoms with van der Waals surface area (Å²) in [5, 5.41) is 12.9. The van der Waals surface area contributed by atoms with Gasteiger partial charge in [0.05, 0.1) is 18.2 Å². The molecule has 1 unspecified atom stereocenters. The zero-order chi connectivity index (χ0) is 13.8. The van der Waals surface area contributed by atoms with Gasteiger partial charge in [0.2, 0.25) is 0 Å². The van der Waals surface area contributed by atoms with E-state index in [1.807, 2.05) is 23.3 Å². The number of hydrogen-bond donors (Lipinski definition) is 2. The van der Waals surface area contributed by atoms with Crippen molar-refractivity contribution in [2.45, 2.75) is 32.4 Å². The van der Waals surface area contributed by atoms with Gasteiger partial charge in [-0.1, -0.05) is 0 Å². The zero-order valence-corrected chi connectivity index (χ0v) is 11.5. The van der Waals surface area contributed by atoms with Crippen LogP contribution in [0.2, 0.25) is 0 Å². The number of rotatable bonds is 4. The molecule has 1 aliphatic heterocycles. The highest BCUT2D eigenvalue weighted by atomic mass is 16.4. The van der Waals surface area contributed by atoms with Crippen LogP contribution in [0, 0.1) is 0 Å². The van der Waals surface area contributed by atoms with Crippen LogP contribution in [0.5, 0.6) is 0 Å². The number of carbonyl (C=O) groups is 1. The minimum atomic E-state index is -0.802. The van der Waals surface area contributed by atoms with Crippen molar-refractivity contribution in [1.82, 2.24) is 19.8 Å². The van der Waals surface area contributed by atoms with Crippen LogP contribution in [-0.2, 0) is 4.79 Å². The lowest BCUT2D eigenvalue weighted by Gasteiger charge is -2.28. The van der Waals surface area contributed by atoms with Crippen molar-refractivity contribution in [1.29, 1.82) is 0 Å². The van der Waals surface area contributed by atoms with E-state index in [2.05, 4.69) is 10.3 Å². The van der Waals surface area contributed by atoms with Crippen LogP contribution in [0.15, 0.2) is 12.5 Å². The fraction of sp³-hybridized carbons (Fsp3) is 0.692. The molecule has 2 N–H and O–H groups in total. The minimum absolute atomic E-state index is 0.212. The molecule has 1 saturated heterocycles. The Hall–Kier alpha value is -1.40. The maximum atomic E-state index is 11.7. The molecule has 19 heavy (non-hydrogen) atoms. The van der Waals surface area contributed by atoms with Crippen LogP contribution < -0.4 is 5.32 Å². The van der Waals surface area contributed by atoms with Crippen molar-refractivity contribution < 1.29 is 9.90 Å². The first kappa shape index (κ1) is 14.0. The molecule has 2 heterocycles. The Bertz CT molecular complexity index is 422. The monoisotopic (exact) mass is 266 g/mol. The minimum Gasteiger partial charge on any atom is -0.480 e. The number of nitrogens with one attached hydrogen (secondary N) is 1. The quantitative estimate of drug-likeness (QED) is 0.847. The molecule has 0 bridgehead atoms. The molecule has 0 aromatic carbocycles. The maximum Gasteiger partial charge on any atom is 0.327 e. The Balaban J connectivity index is 2.28. The van der Waals surface area contributed by atoms with Crippen molar-refractivity contribution >= 4 is 5.97 Å². The van der Waals surface area contributed by atoms with Gasteiger partial charge in [0.25, 0.3) is 0 Å². The van der Waals surface area contributed by atoms with Gasteiger partial charge in [-0.15, -0.1) is 0 Å². The summed E-state index contributed by atoms with van der Waals surface area (Å²) in [5.74, 6) is -0.802. The summed E-state index contributed by atoms with van der Waals surface area (Å²) in [7, 11) is 0. The van der Waals surface area contributed by atoms with Crippen LogP contribution in [0.25, 0.3) is 0 Å². The molecular weight excluding hydrogens is 244 g/mol. The Morgan fingerprint density at radius 1 is 1.42 bits per heavy atom. The maximum absolute atomic E-state index is 11.7. The number of carboxylic acid groups (broad SMARTS) is 1. The average Bonchev–Trinajstić information content (AvgIpc) is 2.66. The van der Waals surface area contributed by atoms with Crippen molar-refractivity contribution in [2.75, 3.05) is 26.2 Å². The molecule has 0 amide bonds. The van der Waals surface area contributed by atoms with Crippen LogP contribution >= 0.6 is 0 Å². The summed E-state index contributed by atoms with van der Waals surface area (Å²) in [6.45, 7) is 7.40. The first-order chi connectivity index (χ1) is 9.11. The van der Waals surface area contributed by atoms with Gasteiger partial charge in [0.15, 0.2) is 6.04 Å². The fourth-order valence-corrected chi connectivity index (χ4v) is 2.55. The highest BCUT2D eigenvalue weighted by Gasteiger charge is 2.30. The predicted molar refractivity (Wildman–Crippen MR) is 72.0 cm³/mol. The normalized spacial score (nSPS) is 19.3. The van der Waals surface area contributed by atoms with Gasteiger partial charge in [0.1, 0.15) is 0 Å². The van der Waals surface area contributed by atoms with Crippen LogP contribution in [0.1, 0.15) is 38.0 Å². The van der Waals surface area contributed by atoms with E-state index in [4.69, 9.17) is 0 Å². The molecule has 0 saturated carbocycles. The molecule has 1 aromatic heterocycles. The SMILES string of the molecule is CC(C)n1cncc1C(C(=O)O)N1CCCNCC1. The number of nitrogens with zero attached hydrogens (tertiary/aromatic N) is 3. The lowest BCUT2D eigenvalue weighted by Crippen LogP contribution is -2.37. The number of aromatic nitrogens is 2. The van der Waals surface area contributed by atoms with Gasteiger partial charge >= 0.3 is 5.97 Å². The van der Waals surface area contributed by atoms with Crippen LogP contribution in [-0.4, -0.2) is 51.7 Å². The van der Waals surface area contributed by atoms with Gasteiger partial charge in [-0.25, -0.2) is 4.98 Å². The first-order valence-electron chi connectivity index (χ1n) is 6.80. The van der Waals surface area contributed by atoms with E-state index < -0.39 is 12.0 Å². The van der Waals surface area contributed by atoms with Gasteiger partial charge in [-0.3, -0.25) is 9.69 Å². The van der Waals surface area contributed by atoms with Crippen LogP contribution in [0.3, 0.4) is 0 Å². The summed E-state index contributed by atoms with van der Waals surface area (Å²) in [6, 6.07) is -0.394. The Morgan fingerprint density at radius 2 is 2.21 bits per heavy atom. The number of imidazole rings is 1. The van der Waals surface area contributed by atoms with Gasteiger partial charge in [0, 0.05) is 25.7 Å². The molecule has 0 aliphatic carbocycles. The van der Waals surface area contributed by atoms with E-state index in [0.717, 1.165) is 38.3 Å². The molecular formula is C13H22N4O2. The summed E-state index contributed by atoms with van der Waals surface area (Å²) >= 11 is 0. The summed E-state index contributed by atoms with van der Waals surface area (Å²) < 4.78 is 1.94.